The Balaban J connectivity index is -0.0000000235. The number of anilines is 3. The van der Waals surface area contributed by atoms with E-state index in [1.807, 2.05) is 127 Å². The summed E-state index contributed by atoms with van der Waals surface area (Å²) in [4.78, 5) is 45.0. The summed E-state index contributed by atoms with van der Waals surface area (Å²) in [5.41, 5.74) is 24.7. The van der Waals surface area contributed by atoms with Gasteiger partial charge in [-0.15, -0.1) is 0 Å². The molecule has 2 aliphatic heterocycles. The number of carbonyl (C=O) groups is 2. The minimum absolute atomic E-state index is 0. The largest absolute Gasteiger partial charge is 0.508 e. The van der Waals surface area contributed by atoms with Crippen LogP contribution in [0.1, 0.15) is 234 Å². The van der Waals surface area contributed by atoms with Gasteiger partial charge in [-0.3, -0.25) is 9.59 Å². The molecule has 0 spiro atoms. The third kappa shape index (κ3) is 21.9. The fourth-order valence-corrected chi connectivity index (χ4v) is 9.02. The van der Waals surface area contributed by atoms with Crippen LogP contribution in [0, 0.1) is 13.1 Å². The van der Waals surface area contributed by atoms with Crippen LogP contribution in [0.5, 0.6) is 17.4 Å². The summed E-state index contributed by atoms with van der Waals surface area (Å²) in [6.07, 6.45) is 0. The van der Waals surface area contributed by atoms with E-state index in [0.717, 1.165) is 38.7 Å². The summed E-state index contributed by atoms with van der Waals surface area (Å²) in [6.45, 7) is 17.5. The zero-order valence-corrected chi connectivity index (χ0v) is 51.9. The molecule has 0 fully saturated rings. The van der Waals surface area contributed by atoms with Gasteiger partial charge in [-0.25, -0.2) is 29.6 Å². The Morgan fingerprint density at radius 1 is 0.533 bits per heavy atom. The van der Waals surface area contributed by atoms with Crippen molar-refractivity contribution in [1.29, 1.82) is 0 Å². The number of amides is 2. The number of hydrogen-bond donors (Lipinski definition) is 9. The molecule has 0 saturated carbocycles. The molecule has 4 aromatic heterocycles. The molecule has 92 heavy (non-hydrogen) atoms. The molecule has 26 heteroatoms. The number of aromatic nitrogens is 4. The van der Waals surface area contributed by atoms with Crippen molar-refractivity contribution in [3.63, 3.8) is 0 Å². The molecule has 20 nitrogen and oxygen atoms in total. The van der Waals surface area contributed by atoms with Gasteiger partial charge in [0.1, 0.15) is 49.6 Å². The van der Waals surface area contributed by atoms with Gasteiger partial charge in [0.15, 0.2) is 0 Å². The van der Waals surface area contributed by atoms with E-state index in [9.17, 15) is 14.6 Å². The van der Waals surface area contributed by atoms with Crippen molar-refractivity contribution in [2.24, 2.45) is 17.2 Å². The molecule has 0 atom stereocenters. The van der Waals surface area contributed by atoms with E-state index in [0.29, 0.717) is 95.7 Å². The van der Waals surface area contributed by atoms with Gasteiger partial charge in [0, 0.05) is 206 Å². The summed E-state index contributed by atoms with van der Waals surface area (Å²) in [7, 11) is -1.69. The number of aromatic hydroxyl groups is 1. The summed E-state index contributed by atoms with van der Waals surface area (Å²) in [5, 5.41) is 38.2. The molecular formula is C66H180B2Cl4N12O8. The van der Waals surface area contributed by atoms with E-state index in [2.05, 4.69) is 45.6 Å². The van der Waals surface area contributed by atoms with Gasteiger partial charge in [0.25, 0.3) is 11.8 Å². The molecule has 2 aliphatic rings. The maximum atomic E-state index is 11.2. The Bertz CT molecular complexity index is 4360. The second-order valence-corrected chi connectivity index (χ2v) is 20.9. The Labute approximate surface area is 738 Å². The smallest absolute Gasteiger partial charge is 0.491 e. The van der Waals surface area contributed by atoms with Crippen LogP contribution in [0.2, 0.25) is 20.6 Å². The van der Waals surface area contributed by atoms with Gasteiger partial charge >= 0.3 is 14.2 Å². The first kappa shape index (κ1) is 24.5. The van der Waals surface area contributed by atoms with Crippen molar-refractivity contribution < 1.29 is 218 Å². The molecule has 0 saturated heterocycles. The van der Waals surface area contributed by atoms with Crippen LogP contribution in [0.15, 0.2) is 206 Å². The number of pyridine rings is 4. The summed E-state index contributed by atoms with van der Waals surface area (Å²) in [6, 6.07) is 62.4. The lowest BCUT2D eigenvalue weighted by Gasteiger charge is -2.11. The van der Waals surface area contributed by atoms with Crippen LogP contribution in [-0.4, -0.2) is 61.1 Å². The highest BCUT2D eigenvalue weighted by atomic mass is 35.5. The number of benzene rings is 6. The number of phenolic OH excluding ortho intramolecular Hbond substituents is 1. The van der Waals surface area contributed by atoms with E-state index < -0.39 is 26.1 Å². The average molecular weight is 1560 g/mol. The second-order valence-electron chi connectivity index (χ2n) is 19.4. The maximum absolute atomic E-state index is 11.2. The number of hydrogen-bond acceptors (Lipinski definition) is 16. The van der Waals surface area contributed by atoms with Crippen molar-refractivity contribution in [2.45, 2.75) is 39.4 Å². The molecule has 2 amide bonds. The van der Waals surface area contributed by atoms with E-state index in [1.54, 1.807) is 54.6 Å². The van der Waals surface area contributed by atoms with E-state index in [1.165, 1.54) is 29.8 Å². The fraction of sp³-hybridized carbons (Fsp3) is 0.0909. The molecule has 0 unspecified atom stereocenters. The number of nitrogens with two attached hydrogens (primary N) is 3. The van der Waals surface area contributed by atoms with Gasteiger partial charge in [0.05, 0.1) is 37.5 Å². The van der Waals surface area contributed by atoms with E-state index in [-0.39, 0.29) is 23.0 Å². The summed E-state index contributed by atoms with van der Waals surface area (Å²) >= 11 is 22.6. The summed E-state index contributed by atoms with van der Waals surface area (Å²) < 4.78 is 616. The van der Waals surface area contributed by atoms with Gasteiger partial charge in [-0.1, -0.05) is 180 Å². The Morgan fingerprint density at radius 2 is 0.946 bits per heavy atom. The minimum atomic E-state index is -0.876. The zero-order valence-electron chi connectivity index (χ0n) is 169. The number of halogens is 4. The highest BCUT2D eigenvalue weighted by Gasteiger charge is 2.28. The highest BCUT2D eigenvalue weighted by molar-refractivity contribution is 6.62. The monoisotopic (exact) mass is 1550 g/mol. The number of nitrogens with one attached hydrogen (secondary N) is 3. The third-order valence-corrected chi connectivity index (χ3v) is 13.8. The predicted molar refractivity (Wildman–Crippen MR) is 491 cm³/mol. The van der Waals surface area contributed by atoms with E-state index >= 15 is 0 Å². The first-order valence-electron chi connectivity index (χ1n) is 87.8. The van der Waals surface area contributed by atoms with Crippen LogP contribution in [0.25, 0.3) is 9.69 Å². The van der Waals surface area contributed by atoms with Gasteiger partial charge in [0.2, 0.25) is 17.3 Å². The third-order valence-electron chi connectivity index (χ3n) is 12.9. The number of nitrogens with zero attached hydrogens (tertiary/aromatic N) is 6. The maximum Gasteiger partial charge on any atom is 0.491 e. The van der Waals surface area contributed by atoms with Crippen molar-refractivity contribution in [1.82, 2.24) is 19.9 Å². The van der Waals surface area contributed by atoms with Crippen molar-refractivity contribution in [3.05, 3.63) is 294 Å². The number of primary amides is 2. The Kier molecular flexibility index (Phi) is 9.58. The summed E-state index contributed by atoms with van der Waals surface area (Å²) in [5.74, 6) is 1.46. The molecule has 0 radical (unpaired) electrons. The van der Waals surface area contributed by atoms with Gasteiger partial charge in [-0.2, -0.15) is 0 Å². The molecule has 0 aliphatic carbocycles. The van der Waals surface area contributed by atoms with Crippen LogP contribution < -0.4 is 48.8 Å². The number of rotatable bonds is 14. The minimum Gasteiger partial charge on any atom is -0.508 e. The van der Waals surface area contributed by atoms with Crippen LogP contribution >= 0.6 is 46.4 Å². The standard InChI is InChI=1S/C20H16BN3O3.C13H12ClN3O.C13H10ClN3.C7H7BO3.C7H9N.C6H4Cl2N2O.61H2/c1-22-18-9-10-19(24-20(18)23-12-14-5-3-2-4-6-14)27-16-7-8-17-15(11-16)13-26-21(17)25;14-11-7-6-10(12(15)18)13(17-11)16-8-9-4-2-1-3-5-9;1-15-11-7-8-12(14)17-13(11)16-9-10-5-3-2-4-6-10;9-6-1-2-7-5(3-6)4-11-8(7)10;8-6-7-4-2-1-3-5-7;7-4-2-1-3(6(9)11)5(8)10-4;;;;;;;;;;;;;;;;;;;;;;;;;;;;;;;;;;;;;;;;;;;;;;;;;;;;;;;;;;;;;/h2-11,25H,12-13H2,(H,23,24);1-7H,8H2,(H2,15,18)(H,16,17);2-8H,9H2,(H,16,17);1-3,9-10H,4H2;1-5H,6,8H2;1-2H,(H2,9,11);61*1H/i;;;;;;60*1+1D;1+1. The lowest BCUT2D eigenvalue weighted by molar-refractivity contribution is 0.0992. The predicted octanol–water partition coefficient (Wildman–Crippen LogP) is 26.8. The topological polar surface area (TPSA) is 297 Å². The molecule has 12 rings (SSSR count). The molecule has 0 bridgehead atoms. The molecule has 586 valence electrons. The molecule has 6 aromatic carbocycles. The van der Waals surface area contributed by atoms with Crippen LogP contribution in [0.3, 0.4) is 0 Å². The van der Waals surface area contributed by atoms with Crippen molar-refractivity contribution in [3.8, 4) is 17.4 Å². The second kappa shape index (κ2) is 35.9. The lowest BCUT2D eigenvalue weighted by atomic mass is 9.80. The molecule has 6 heterocycles. The highest BCUT2D eigenvalue weighted by Crippen LogP contribution is 2.30. The van der Waals surface area contributed by atoms with Crippen molar-refractivity contribution in [2.75, 3.05) is 16.0 Å². The van der Waals surface area contributed by atoms with Gasteiger partial charge < -0.3 is 62.4 Å². The number of phenols is 1. The van der Waals surface area contributed by atoms with Crippen molar-refractivity contribution >= 4 is 112 Å². The average Bonchev–Trinajstić information content (AvgIpc) is 1.68. The van der Waals surface area contributed by atoms with Crippen LogP contribution in [0.4, 0.5) is 28.8 Å². The zero-order chi connectivity index (χ0) is 186. The molecular weight excluding hydrogens is 1250 g/mol. The number of carbonyl (C=O) groups excluding carboxylic acids is 2. The van der Waals surface area contributed by atoms with Crippen LogP contribution in [-0.2, 0) is 48.7 Å². The first-order valence-corrected chi connectivity index (χ1v) is 29.3. The van der Waals surface area contributed by atoms with Gasteiger partial charge in [-0.05, 0) is 117 Å². The molecule has 12 N–H and O–H groups in total. The fourth-order valence-electron chi connectivity index (χ4n) is 8.29. The SMILES string of the molecule is NC(=O)c1ccc(Cl)nc1Cl.NC(=O)c1ccc(Cl)nc1NCc1ccccc1.NCc1ccccc1.OB1OCc2cc(O)ccc21.[2HH].[2H][2H].[2H][2H].[2H][2H].[2H][2H].[2H][2H].[2H][2H].[2H][2H].[2H][2H].[2H][2H].[2H][2H].[2H][2H].[2H][2H].[2H][2H].[2H][2H].[2H][2H].[2H][2H].[2H][2H].[2H][2H].[2H][2H].[2H][2H].[2H][2H].[2H][2H].[2H][2H].[2H][2H].[2H][2H].[2H][2H].[2H][2H].[2H][2H].[2H][2H].[2H][2H].[2H][2H].[2H][2H].[2H][2H].[2H][2H].[2H][2H].[2H][2H].[2H][2H].[2H][2H].[2H][2H].[2H][2H].[2H][2H].[2H][2H].[2H][2H].[2H][2H].[2H][2H].[2H][2H].[2H][2H].[2H][2H].[2H][2H].[2H][2H].[2H][2H].[2H][2H].[2H][2H].[2H][2H].[2H][2H].[2H][2H].[2H][2H].[2H][2H].[2H][2H].[2H][2H].[C-]#[N+]c1ccc(Cl)nc1NCc1ccccc1.[C-]#[N+]c1ccc(Oc2ccc3c(c2)COB3O)nc1NCc1ccccc1. The lowest BCUT2D eigenvalue weighted by Crippen LogP contribution is -2.27. The number of fused-ring (bicyclic) bond motifs is 2. The Hall–Kier alpha value is -10.1. The normalized spacial score (nSPS) is 16.4. The van der Waals surface area contributed by atoms with E-state index in [4.69, 9.17) is 279 Å². The first-order chi connectivity index (χ1) is 104. The quantitative estimate of drug-likeness (QED) is 0.0278. The molecule has 10 aromatic rings. The Morgan fingerprint density at radius 3 is 1.41 bits per heavy atom. The number of ether oxygens (including phenoxy) is 1.